The minimum atomic E-state index is -0.784. The number of pyridine rings is 1. The van der Waals surface area contributed by atoms with Crippen molar-refractivity contribution in [2.75, 3.05) is 5.32 Å². The van der Waals surface area contributed by atoms with Gasteiger partial charge in [-0.1, -0.05) is 0 Å². The van der Waals surface area contributed by atoms with Gasteiger partial charge in [0.15, 0.2) is 5.82 Å². The normalized spacial score (nSPS) is 15.4. The van der Waals surface area contributed by atoms with E-state index in [1.165, 1.54) is 22.2 Å². The Labute approximate surface area is 140 Å². The molecule has 1 amide bonds. The van der Waals surface area contributed by atoms with Crippen LogP contribution in [0, 0.1) is 6.92 Å². The fourth-order valence-electron chi connectivity index (χ4n) is 2.95. The molecule has 2 N–H and O–H groups in total. The van der Waals surface area contributed by atoms with Crippen LogP contribution in [0.4, 0.5) is 11.5 Å². The predicted octanol–water partition coefficient (Wildman–Crippen LogP) is 1.74. The zero-order chi connectivity index (χ0) is 17.1. The van der Waals surface area contributed by atoms with Crippen molar-refractivity contribution in [2.45, 2.75) is 26.4 Å². The van der Waals surface area contributed by atoms with Crippen LogP contribution in [0.15, 0.2) is 22.7 Å². The fraction of sp³-hybridized carbons (Fsp3) is 0.267. The van der Waals surface area contributed by atoms with Gasteiger partial charge in [-0.2, -0.15) is 0 Å². The Morgan fingerprint density at radius 3 is 2.83 bits per heavy atom. The molecule has 3 aromatic rings. The van der Waals surface area contributed by atoms with E-state index < -0.39 is 5.66 Å². The summed E-state index contributed by atoms with van der Waals surface area (Å²) in [5, 5.41) is 5.86. The number of fused-ring (bicyclic) bond motifs is 2. The summed E-state index contributed by atoms with van der Waals surface area (Å²) >= 11 is 1.40. The first-order valence-electron chi connectivity index (χ1n) is 7.29. The van der Waals surface area contributed by atoms with Crippen molar-refractivity contribution < 1.29 is 4.79 Å². The lowest BCUT2D eigenvalue weighted by Gasteiger charge is -2.22. The lowest BCUT2D eigenvalue weighted by molar-refractivity contribution is 0.0934. The number of carbonyl (C=O) groups is 1. The van der Waals surface area contributed by atoms with Gasteiger partial charge in [0.25, 0.3) is 11.5 Å². The average Bonchev–Trinajstić information content (AvgIpc) is 3.07. The molecule has 0 bridgehead atoms. The van der Waals surface area contributed by atoms with Gasteiger partial charge in [-0.25, -0.2) is 15.0 Å². The fourth-order valence-corrected chi connectivity index (χ4v) is 3.58. The van der Waals surface area contributed by atoms with Gasteiger partial charge in [0, 0.05) is 0 Å². The molecule has 1 aliphatic heterocycles. The third-order valence-electron chi connectivity index (χ3n) is 3.97. The summed E-state index contributed by atoms with van der Waals surface area (Å²) < 4.78 is 1.48. The second-order valence-corrected chi connectivity index (χ2v) is 6.93. The van der Waals surface area contributed by atoms with E-state index in [2.05, 4.69) is 25.6 Å². The Morgan fingerprint density at radius 2 is 2.04 bits per heavy atom. The molecular formula is C15H14N6O2S. The van der Waals surface area contributed by atoms with Gasteiger partial charge >= 0.3 is 0 Å². The Kier molecular flexibility index (Phi) is 2.98. The molecule has 0 saturated carbocycles. The van der Waals surface area contributed by atoms with E-state index in [1.54, 1.807) is 32.3 Å². The second kappa shape index (κ2) is 4.84. The van der Waals surface area contributed by atoms with Crippen LogP contribution in [0.5, 0.6) is 0 Å². The highest BCUT2D eigenvalue weighted by molar-refractivity contribution is 7.16. The number of nitrogens with zero attached hydrogens (tertiary/aromatic N) is 4. The lowest BCUT2D eigenvalue weighted by atomic mass is 10.1. The summed E-state index contributed by atoms with van der Waals surface area (Å²) in [6.45, 7) is 5.38. The molecule has 122 valence electrons. The molecule has 3 aromatic heterocycles. The van der Waals surface area contributed by atoms with Crippen molar-refractivity contribution in [3.05, 3.63) is 39.5 Å². The number of carbonyl (C=O) groups excluding carboxylic acids is 1. The van der Waals surface area contributed by atoms with Gasteiger partial charge in [0.05, 0.1) is 5.51 Å². The summed E-state index contributed by atoms with van der Waals surface area (Å²) in [5.41, 5.74) is 2.65. The molecule has 0 radical (unpaired) electrons. The van der Waals surface area contributed by atoms with Crippen molar-refractivity contribution in [3.8, 4) is 0 Å². The van der Waals surface area contributed by atoms with Crippen LogP contribution in [0.2, 0.25) is 0 Å². The lowest BCUT2D eigenvalue weighted by Crippen LogP contribution is -2.42. The highest BCUT2D eigenvalue weighted by Crippen LogP contribution is 2.27. The zero-order valence-corrected chi connectivity index (χ0v) is 14.1. The number of anilines is 2. The van der Waals surface area contributed by atoms with Crippen LogP contribution >= 0.6 is 11.3 Å². The SMILES string of the molecule is Cc1cc(Nc2ncnc3scnc23)c(=O)n2c1C(=O)NC2(C)C. The van der Waals surface area contributed by atoms with Crippen molar-refractivity contribution in [1.29, 1.82) is 0 Å². The van der Waals surface area contributed by atoms with Gasteiger partial charge < -0.3 is 10.6 Å². The minimum Gasteiger partial charge on any atom is -0.334 e. The number of aromatic nitrogens is 4. The van der Waals surface area contributed by atoms with E-state index in [0.717, 1.165) is 4.83 Å². The molecule has 4 rings (SSSR count). The van der Waals surface area contributed by atoms with Gasteiger partial charge in [-0.15, -0.1) is 11.3 Å². The Hall–Kier alpha value is -2.81. The maximum atomic E-state index is 12.9. The number of thiazole rings is 1. The van der Waals surface area contributed by atoms with Crippen LogP contribution < -0.4 is 16.2 Å². The van der Waals surface area contributed by atoms with Crippen LogP contribution in [0.1, 0.15) is 29.9 Å². The summed E-state index contributed by atoms with van der Waals surface area (Å²) in [6.07, 6.45) is 1.43. The molecular weight excluding hydrogens is 328 g/mol. The standard InChI is InChI=1S/C15H14N6O2S/c1-7-4-8(14(23)21-10(7)12(22)20-15(21,2)3)19-11-9-13(17-5-16-11)24-6-18-9/h4-6H,1-3H3,(H,20,22)(H,16,17,19). The molecule has 1 aliphatic rings. The smallest absolute Gasteiger partial charge is 0.276 e. The van der Waals surface area contributed by atoms with E-state index in [9.17, 15) is 9.59 Å². The van der Waals surface area contributed by atoms with E-state index in [4.69, 9.17) is 0 Å². The van der Waals surface area contributed by atoms with Crippen LogP contribution in [0.25, 0.3) is 10.3 Å². The summed E-state index contributed by atoms with van der Waals surface area (Å²) in [7, 11) is 0. The molecule has 4 heterocycles. The highest BCUT2D eigenvalue weighted by atomic mass is 32.1. The number of hydrogen-bond donors (Lipinski definition) is 2. The first kappa shape index (κ1) is 14.8. The maximum Gasteiger partial charge on any atom is 0.276 e. The minimum absolute atomic E-state index is 0.245. The largest absolute Gasteiger partial charge is 0.334 e. The molecule has 0 aliphatic carbocycles. The van der Waals surface area contributed by atoms with Crippen molar-refractivity contribution in [1.82, 2.24) is 24.8 Å². The monoisotopic (exact) mass is 342 g/mol. The number of rotatable bonds is 2. The molecule has 0 fully saturated rings. The van der Waals surface area contributed by atoms with E-state index >= 15 is 0 Å². The molecule has 0 atom stereocenters. The molecule has 24 heavy (non-hydrogen) atoms. The van der Waals surface area contributed by atoms with Crippen LogP contribution in [0.3, 0.4) is 0 Å². The number of amides is 1. The number of hydrogen-bond acceptors (Lipinski definition) is 7. The molecule has 0 spiro atoms. The quantitative estimate of drug-likeness (QED) is 0.735. The van der Waals surface area contributed by atoms with Crippen molar-refractivity contribution in [3.63, 3.8) is 0 Å². The summed E-state index contributed by atoms with van der Waals surface area (Å²) in [6, 6.07) is 1.66. The number of aryl methyl sites for hydroxylation is 1. The third kappa shape index (κ3) is 2.01. The van der Waals surface area contributed by atoms with E-state index in [0.29, 0.717) is 28.3 Å². The van der Waals surface area contributed by atoms with Crippen molar-refractivity contribution >= 4 is 39.1 Å². The van der Waals surface area contributed by atoms with Crippen LogP contribution in [-0.4, -0.2) is 25.4 Å². The summed E-state index contributed by atoms with van der Waals surface area (Å²) in [5.74, 6) is 0.221. The van der Waals surface area contributed by atoms with Gasteiger partial charge in [0.1, 0.15) is 33.7 Å². The van der Waals surface area contributed by atoms with Gasteiger partial charge in [0.2, 0.25) is 0 Å². The first-order chi connectivity index (χ1) is 11.4. The second-order valence-electron chi connectivity index (χ2n) is 6.10. The van der Waals surface area contributed by atoms with Crippen LogP contribution in [-0.2, 0) is 5.66 Å². The molecule has 8 nitrogen and oxygen atoms in total. The zero-order valence-electron chi connectivity index (χ0n) is 13.2. The first-order valence-corrected chi connectivity index (χ1v) is 8.17. The van der Waals surface area contributed by atoms with E-state index in [1.807, 2.05) is 0 Å². The average molecular weight is 342 g/mol. The topological polar surface area (TPSA) is 102 Å². The summed E-state index contributed by atoms with van der Waals surface area (Å²) in [4.78, 5) is 38.3. The highest BCUT2D eigenvalue weighted by Gasteiger charge is 2.37. The van der Waals surface area contributed by atoms with Gasteiger partial charge in [-0.3, -0.25) is 14.2 Å². The third-order valence-corrected chi connectivity index (χ3v) is 4.71. The molecule has 9 heteroatoms. The maximum absolute atomic E-state index is 12.9. The molecule has 0 aromatic carbocycles. The Bertz CT molecular complexity index is 1050. The van der Waals surface area contributed by atoms with Crippen molar-refractivity contribution in [2.24, 2.45) is 0 Å². The predicted molar refractivity (Wildman–Crippen MR) is 90.7 cm³/mol. The van der Waals surface area contributed by atoms with E-state index in [-0.39, 0.29) is 11.5 Å². The van der Waals surface area contributed by atoms with Gasteiger partial charge in [-0.05, 0) is 32.4 Å². The molecule has 0 unspecified atom stereocenters. The number of nitrogens with one attached hydrogen (secondary N) is 2. The Morgan fingerprint density at radius 1 is 1.25 bits per heavy atom. The molecule has 0 saturated heterocycles. The Balaban J connectivity index is 1.89.